The van der Waals surface area contributed by atoms with Crippen LogP contribution in [0.25, 0.3) is 11.6 Å². The molecule has 2 aromatic rings. The van der Waals surface area contributed by atoms with E-state index in [1.165, 1.54) is 19.2 Å². The van der Waals surface area contributed by atoms with Gasteiger partial charge in [-0.2, -0.15) is 0 Å². The van der Waals surface area contributed by atoms with Crippen LogP contribution < -0.4 is 16.0 Å². The molecule has 0 radical (unpaired) electrons. The van der Waals surface area contributed by atoms with Crippen LogP contribution in [0.15, 0.2) is 18.2 Å². The monoisotopic (exact) mass is 584 g/mol. The van der Waals surface area contributed by atoms with Crippen LogP contribution in [0, 0.1) is 19.7 Å². The molecule has 1 aliphatic heterocycles. The first-order valence-electron chi connectivity index (χ1n) is 14.2. The third-order valence-corrected chi connectivity index (χ3v) is 7.70. The van der Waals surface area contributed by atoms with Crippen LogP contribution in [0.1, 0.15) is 66.0 Å². The van der Waals surface area contributed by atoms with Gasteiger partial charge in [-0.05, 0) is 82.6 Å². The summed E-state index contributed by atoms with van der Waals surface area (Å²) in [5.74, 6) is -2.79. The zero-order valence-electron chi connectivity index (χ0n) is 24.9. The molecule has 11 nitrogen and oxygen atoms in total. The van der Waals surface area contributed by atoms with E-state index < -0.39 is 29.8 Å². The number of fused-ring (bicyclic) bond motifs is 1. The SMILES string of the molecule is CCN(CC)CCNC(=O)c1c(C)[nH]c(/C=C2\C(=O)N(C(=O)N(C)[C@@H](CCCCN)C(=O)O)c3ccc(F)cc32)c1C. The number of aliphatic carboxylic acids is 1. The molecule has 4 amide bonds. The second kappa shape index (κ2) is 14.2. The van der Waals surface area contributed by atoms with E-state index >= 15 is 0 Å². The largest absolute Gasteiger partial charge is 0.480 e. The minimum atomic E-state index is -1.20. The van der Waals surface area contributed by atoms with Gasteiger partial charge in [0.1, 0.15) is 11.9 Å². The number of nitrogens with one attached hydrogen (secondary N) is 2. The minimum Gasteiger partial charge on any atom is -0.480 e. The quantitative estimate of drug-likeness (QED) is 0.208. The highest BCUT2D eigenvalue weighted by Crippen LogP contribution is 2.39. The molecule has 0 saturated heterocycles. The Labute approximate surface area is 245 Å². The van der Waals surface area contributed by atoms with Crippen molar-refractivity contribution in [3.8, 4) is 0 Å². The summed E-state index contributed by atoms with van der Waals surface area (Å²) in [5.41, 5.74) is 8.00. The number of carbonyl (C=O) groups excluding carboxylic acids is 3. The highest BCUT2D eigenvalue weighted by Gasteiger charge is 2.41. The topological polar surface area (TPSA) is 152 Å². The van der Waals surface area contributed by atoms with Crippen molar-refractivity contribution >= 4 is 41.2 Å². The van der Waals surface area contributed by atoms with Crippen molar-refractivity contribution in [3.05, 3.63) is 52.1 Å². The van der Waals surface area contributed by atoms with E-state index in [9.17, 15) is 28.7 Å². The Kier molecular flexibility index (Phi) is 11.0. The number of imide groups is 1. The van der Waals surface area contributed by atoms with E-state index in [0.717, 1.165) is 35.0 Å². The molecular formula is C30H41FN6O5. The number of amides is 4. The number of nitrogens with two attached hydrogens (primary N) is 1. The zero-order chi connectivity index (χ0) is 31.1. The van der Waals surface area contributed by atoms with Crippen LogP contribution >= 0.6 is 0 Å². The Morgan fingerprint density at radius 2 is 1.88 bits per heavy atom. The highest BCUT2D eigenvalue weighted by atomic mass is 19.1. The summed E-state index contributed by atoms with van der Waals surface area (Å²) in [4.78, 5) is 59.4. The van der Waals surface area contributed by atoms with Gasteiger partial charge in [-0.25, -0.2) is 18.9 Å². The number of hydrogen-bond acceptors (Lipinski definition) is 6. The Morgan fingerprint density at radius 3 is 2.50 bits per heavy atom. The zero-order valence-corrected chi connectivity index (χ0v) is 24.9. The number of benzene rings is 1. The lowest BCUT2D eigenvalue weighted by atomic mass is 10.0. The number of aromatic amines is 1. The molecule has 5 N–H and O–H groups in total. The summed E-state index contributed by atoms with van der Waals surface area (Å²) in [6.07, 6.45) is 2.74. The van der Waals surface area contributed by atoms with Crippen molar-refractivity contribution in [3.63, 3.8) is 0 Å². The van der Waals surface area contributed by atoms with Crippen molar-refractivity contribution in [2.75, 3.05) is 44.7 Å². The van der Waals surface area contributed by atoms with Crippen LogP contribution in [0.5, 0.6) is 0 Å². The van der Waals surface area contributed by atoms with Gasteiger partial charge in [0.05, 0.1) is 16.8 Å². The van der Waals surface area contributed by atoms with Crippen molar-refractivity contribution in [2.45, 2.75) is 53.0 Å². The van der Waals surface area contributed by atoms with Gasteiger partial charge in [-0.15, -0.1) is 0 Å². The molecule has 0 saturated carbocycles. The Balaban J connectivity index is 1.94. The van der Waals surface area contributed by atoms with Gasteiger partial charge >= 0.3 is 12.0 Å². The van der Waals surface area contributed by atoms with Crippen molar-refractivity contribution in [2.24, 2.45) is 5.73 Å². The molecular weight excluding hydrogens is 543 g/mol. The van der Waals surface area contributed by atoms with E-state index in [4.69, 9.17) is 5.73 Å². The van der Waals surface area contributed by atoms with Crippen LogP contribution in [0.4, 0.5) is 14.9 Å². The Morgan fingerprint density at radius 1 is 1.19 bits per heavy atom. The summed E-state index contributed by atoms with van der Waals surface area (Å²) in [5, 5.41) is 12.7. The van der Waals surface area contributed by atoms with Crippen LogP contribution in [0.3, 0.4) is 0 Å². The molecule has 12 heteroatoms. The maximum Gasteiger partial charge on any atom is 0.332 e. The first kappa shape index (κ1) is 32.5. The Bertz CT molecular complexity index is 1370. The van der Waals surface area contributed by atoms with Crippen molar-refractivity contribution < 1.29 is 28.7 Å². The highest BCUT2D eigenvalue weighted by molar-refractivity contribution is 6.42. The predicted octanol–water partition coefficient (Wildman–Crippen LogP) is 3.36. The van der Waals surface area contributed by atoms with Crippen molar-refractivity contribution in [1.29, 1.82) is 0 Å². The molecule has 1 atom stereocenters. The number of hydrogen-bond donors (Lipinski definition) is 4. The van der Waals surface area contributed by atoms with E-state index in [0.29, 0.717) is 55.0 Å². The first-order chi connectivity index (χ1) is 20.0. The van der Waals surface area contributed by atoms with Gasteiger partial charge in [0.25, 0.3) is 11.8 Å². The molecule has 0 unspecified atom stereocenters. The number of H-pyrrole nitrogens is 1. The minimum absolute atomic E-state index is 0.0408. The number of unbranched alkanes of at least 4 members (excludes halogenated alkanes) is 1. The second-order valence-corrected chi connectivity index (χ2v) is 10.3. The lowest BCUT2D eigenvalue weighted by molar-refractivity contribution is -0.142. The smallest absolute Gasteiger partial charge is 0.332 e. The van der Waals surface area contributed by atoms with Gasteiger partial charge < -0.3 is 30.9 Å². The van der Waals surface area contributed by atoms with E-state index in [-0.39, 0.29) is 29.2 Å². The van der Waals surface area contributed by atoms with Crippen LogP contribution in [-0.2, 0) is 9.59 Å². The molecule has 42 heavy (non-hydrogen) atoms. The molecule has 228 valence electrons. The molecule has 0 spiro atoms. The summed E-state index contributed by atoms with van der Waals surface area (Å²) in [7, 11) is 1.32. The number of likely N-dealkylation sites (N-methyl/N-ethyl adjacent to an activating group) is 2. The van der Waals surface area contributed by atoms with Crippen LogP contribution in [0.2, 0.25) is 0 Å². The maximum atomic E-state index is 14.4. The molecule has 1 aromatic heterocycles. The maximum absolute atomic E-state index is 14.4. The molecule has 1 aliphatic rings. The van der Waals surface area contributed by atoms with E-state index in [2.05, 4.69) is 29.0 Å². The molecule has 0 fully saturated rings. The van der Waals surface area contributed by atoms with Gasteiger partial charge in [0.15, 0.2) is 0 Å². The van der Waals surface area contributed by atoms with Gasteiger partial charge in [0, 0.05) is 37.1 Å². The lowest BCUT2D eigenvalue weighted by Gasteiger charge is -2.28. The lowest BCUT2D eigenvalue weighted by Crippen LogP contribution is -2.50. The number of carboxylic acid groups (broad SMARTS) is 1. The number of rotatable bonds is 13. The standard InChI is InChI=1S/C30H41FN6O5/c1-6-36(7-2)15-14-33-27(38)26-18(3)23(34-19(26)4)17-22-21-16-20(31)11-12-24(21)37(28(22)39)30(42)35(5)25(29(40)41)10-8-9-13-32/h11-12,16-17,25,34H,6-10,13-15,32H2,1-5H3,(H,33,38)(H,40,41)/b22-17-/t25-/m0/s1. The first-order valence-corrected chi connectivity index (χ1v) is 14.2. The fourth-order valence-corrected chi connectivity index (χ4v) is 5.21. The molecule has 3 rings (SSSR count). The number of halogens is 1. The average Bonchev–Trinajstić information content (AvgIpc) is 3.38. The van der Waals surface area contributed by atoms with E-state index in [1.807, 2.05) is 0 Å². The number of aryl methyl sites for hydroxylation is 1. The number of aromatic nitrogens is 1. The molecule has 2 heterocycles. The van der Waals surface area contributed by atoms with Crippen molar-refractivity contribution in [1.82, 2.24) is 20.1 Å². The number of carbonyl (C=O) groups is 4. The third-order valence-electron chi connectivity index (χ3n) is 7.70. The van der Waals surface area contributed by atoms with E-state index in [1.54, 1.807) is 13.8 Å². The van der Waals surface area contributed by atoms with Gasteiger partial charge in [0.2, 0.25) is 0 Å². The summed E-state index contributed by atoms with van der Waals surface area (Å²) < 4.78 is 14.4. The summed E-state index contributed by atoms with van der Waals surface area (Å²) >= 11 is 0. The second-order valence-electron chi connectivity index (χ2n) is 10.3. The molecule has 0 aliphatic carbocycles. The fourth-order valence-electron chi connectivity index (χ4n) is 5.21. The Hall–Kier alpha value is -4.03. The normalized spacial score (nSPS) is 14.4. The van der Waals surface area contributed by atoms with Gasteiger partial charge in [-0.1, -0.05) is 13.8 Å². The number of anilines is 1. The molecule has 0 bridgehead atoms. The molecule has 1 aromatic carbocycles. The van der Waals surface area contributed by atoms with Gasteiger partial charge in [-0.3, -0.25) is 9.59 Å². The number of nitrogens with zero attached hydrogens (tertiary/aromatic N) is 3. The predicted molar refractivity (Wildman–Crippen MR) is 160 cm³/mol. The number of carboxylic acids is 1. The summed E-state index contributed by atoms with van der Waals surface area (Å²) in [6, 6.07) is 1.60. The number of urea groups is 1. The fraction of sp³-hybridized carbons (Fsp3) is 0.467. The summed E-state index contributed by atoms with van der Waals surface area (Å²) in [6.45, 7) is 10.9. The van der Waals surface area contributed by atoms with Crippen LogP contribution in [-0.4, -0.2) is 89.5 Å². The average molecular weight is 585 g/mol. The third kappa shape index (κ3) is 6.88.